The summed E-state index contributed by atoms with van der Waals surface area (Å²) in [5.41, 5.74) is 1.22. The Bertz CT molecular complexity index is 542. The summed E-state index contributed by atoms with van der Waals surface area (Å²) in [7, 11) is 0. The maximum atomic E-state index is 12.0. The van der Waals surface area contributed by atoms with Crippen molar-refractivity contribution in [3.8, 4) is 11.5 Å². The lowest BCUT2D eigenvalue weighted by molar-refractivity contribution is 0.135. The Morgan fingerprint density at radius 1 is 1.17 bits per heavy atom. The summed E-state index contributed by atoms with van der Waals surface area (Å²) in [4.78, 5) is 16.3. The number of fused-ring (bicyclic) bond motifs is 1. The van der Waals surface area contributed by atoms with E-state index >= 15 is 0 Å². The van der Waals surface area contributed by atoms with Crippen molar-refractivity contribution in [2.45, 2.75) is 26.3 Å². The molecule has 1 saturated heterocycles. The van der Waals surface area contributed by atoms with Crippen LogP contribution in [0.3, 0.4) is 0 Å². The predicted molar refractivity (Wildman–Crippen MR) is 87.7 cm³/mol. The molecule has 2 aliphatic heterocycles. The minimum absolute atomic E-state index is 0.0705. The monoisotopic (exact) mass is 319 g/mol. The highest BCUT2D eigenvalue weighted by Gasteiger charge is 2.21. The van der Waals surface area contributed by atoms with Gasteiger partial charge < -0.3 is 19.7 Å². The van der Waals surface area contributed by atoms with Gasteiger partial charge in [0.15, 0.2) is 11.5 Å². The lowest BCUT2D eigenvalue weighted by Crippen LogP contribution is -2.51. The van der Waals surface area contributed by atoms with Crippen LogP contribution >= 0.6 is 0 Å². The maximum Gasteiger partial charge on any atom is 0.317 e. The number of ether oxygens (including phenoxy) is 2. The molecule has 2 amide bonds. The average Bonchev–Trinajstić information content (AvgIpc) is 3.03. The fraction of sp³-hybridized carbons (Fsp3) is 0.588. The summed E-state index contributed by atoms with van der Waals surface area (Å²) in [5, 5.41) is 2.98. The molecule has 2 aliphatic rings. The SMILES string of the molecule is CCCCNC(=O)N1CCN(Cc2ccc3c(c2)OCO3)CC1. The summed E-state index contributed by atoms with van der Waals surface area (Å²) in [6, 6.07) is 6.17. The molecule has 6 heteroatoms. The molecule has 3 rings (SSSR count). The maximum absolute atomic E-state index is 12.0. The second kappa shape index (κ2) is 7.55. The van der Waals surface area contributed by atoms with Crippen LogP contribution < -0.4 is 14.8 Å². The molecule has 2 heterocycles. The predicted octanol–water partition coefficient (Wildman–Crippen LogP) is 2.04. The summed E-state index contributed by atoms with van der Waals surface area (Å²) in [5.74, 6) is 1.65. The molecule has 0 radical (unpaired) electrons. The van der Waals surface area contributed by atoms with Crippen LogP contribution in [0.2, 0.25) is 0 Å². The first-order valence-electron chi connectivity index (χ1n) is 8.40. The third-order valence-electron chi connectivity index (χ3n) is 4.31. The van der Waals surface area contributed by atoms with E-state index < -0.39 is 0 Å². The van der Waals surface area contributed by atoms with E-state index in [9.17, 15) is 4.79 Å². The van der Waals surface area contributed by atoms with Crippen LogP contribution in [-0.4, -0.2) is 55.3 Å². The van der Waals surface area contributed by atoms with Gasteiger partial charge in [-0.2, -0.15) is 0 Å². The topological polar surface area (TPSA) is 54.0 Å². The van der Waals surface area contributed by atoms with E-state index in [1.54, 1.807) is 0 Å². The van der Waals surface area contributed by atoms with Crippen LogP contribution in [0.1, 0.15) is 25.3 Å². The van der Waals surface area contributed by atoms with Gasteiger partial charge in [-0.25, -0.2) is 4.79 Å². The average molecular weight is 319 g/mol. The number of amides is 2. The van der Waals surface area contributed by atoms with E-state index in [1.165, 1.54) is 5.56 Å². The summed E-state index contributed by atoms with van der Waals surface area (Å²) < 4.78 is 10.8. The second-order valence-electron chi connectivity index (χ2n) is 6.04. The number of benzene rings is 1. The standard InChI is InChI=1S/C17H25N3O3/c1-2-3-6-18-17(21)20-9-7-19(8-10-20)12-14-4-5-15-16(11-14)23-13-22-15/h4-5,11H,2-3,6-10,12-13H2,1H3,(H,18,21). The molecule has 0 unspecified atom stereocenters. The van der Waals surface area contributed by atoms with Crippen LogP contribution in [0.5, 0.6) is 11.5 Å². The Kier molecular flexibility index (Phi) is 5.23. The van der Waals surface area contributed by atoms with E-state index in [0.717, 1.165) is 63.6 Å². The van der Waals surface area contributed by atoms with Crippen molar-refractivity contribution in [2.24, 2.45) is 0 Å². The van der Waals surface area contributed by atoms with Crippen molar-refractivity contribution in [2.75, 3.05) is 39.5 Å². The number of unbranched alkanes of at least 4 members (excludes halogenated alkanes) is 1. The molecule has 0 saturated carbocycles. The number of nitrogens with zero attached hydrogens (tertiary/aromatic N) is 2. The number of carbonyl (C=O) groups is 1. The number of carbonyl (C=O) groups excluding carboxylic acids is 1. The molecule has 1 N–H and O–H groups in total. The van der Waals surface area contributed by atoms with Crippen molar-refractivity contribution < 1.29 is 14.3 Å². The highest BCUT2D eigenvalue weighted by molar-refractivity contribution is 5.74. The zero-order valence-corrected chi connectivity index (χ0v) is 13.7. The molecule has 0 bridgehead atoms. The van der Waals surface area contributed by atoms with E-state index in [-0.39, 0.29) is 6.03 Å². The summed E-state index contributed by atoms with van der Waals surface area (Å²) in [6.45, 7) is 7.44. The number of hydrogen-bond acceptors (Lipinski definition) is 4. The van der Waals surface area contributed by atoms with Gasteiger partial charge in [-0.15, -0.1) is 0 Å². The molecule has 0 aromatic heterocycles. The number of hydrogen-bond donors (Lipinski definition) is 1. The number of nitrogens with one attached hydrogen (secondary N) is 1. The Hall–Kier alpha value is -1.95. The van der Waals surface area contributed by atoms with Gasteiger partial charge >= 0.3 is 6.03 Å². The first-order chi connectivity index (χ1) is 11.3. The van der Waals surface area contributed by atoms with Crippen molar-refractivity contribution in [3.05, 3.63) is 23.8 Å². The molecular formula is C17H25N3O3. The van der Waals surface area contributed by atoms with E-state index in [2.05, 4.69) is 23.2 Å². The molecule has 6 nitrogen and oxygen atoms in total. The van der Waals surface area contributed by atoms with Gasteiger partial charge in [0, 0.05) is 39.3 Å². The zero-order chi connectivity index (χ0) is 16.1. The minimum Gasteiger partial charge on any atom is -0.454 e. The summed E-state index contributed by atoms with van der Waals surface area (Å²) >= 11 is 0. The third kappa shape index (κ3) is 4.07. The highest BCUT2D eigenvalue weighted by atomic mass is 16.7. The normalized spacial score (nSPS) is 17.3. The molecule has 1 aromatic carbocycles. The fourth-order valence-corrected chi connectivity index (χ4v) is 2.89. The molecule has 1 aromatic rings. The van der Waals surface area contributed by atoms with E-state index in [0.29, 0.717) is 6.79 Å². The van der Waals surface area contributed by atoms with Gasteiger partial charge in [0.1, 0.15) is 0 Å². The van der Waals surface area contributed by atoms with Crippen molar-refractivity contribution in [1.82, 2.24) is 15.1 Å². The Morgan fingerprint density at radius 3 is 2.74 bits per heavy atom. The minimum atomic E-state index is 0.0705. The second-order valence-corrected chi connectivity index (χ2v) is 6.04. The van der Waals surface area contributed by atoms with Gasteiger partial charge in [-0.3, -0.25) is 4.90 Å². The van der Waals surface area contributed by atoms with Crippen molar-refractivity contribution in [1.29, 1.82) is 0 Å². The van der Waals surface area contributed by atoms with Crippen LogP contribution in [-0.2, 0) is 6.54 Å². The molecule has 0 atom stereocenters. The van der Waals surface area contributed by atoms with Crippen LogP contribution in [0, 0.1) is 0 Å². The first kappa shape index (κ1) is 15.9. The largest absolute Gasteiger partial charge is 0.454 e. The molecule has 23 heavy (non-hydrogen) atoms. The Balaban J connectivity index is 1.45. The van der Waals surface area contributed by atoms with Gasteiger partial charge in [-0.05, 0) is 24.1 Å². The van der Waals surface area contributed by atoms with Gasteiger partial charge in [0.2, 0.25) is 6.79 Å². The highest BCUT2D eigenvalue weighted by Crippen LogP contribution is 2.32. The quantitative estimate of drug-likeness (QED) is 0.844. The van der Waals surface area contributed by atoms with Gasteiger partial charge in [0.25, 0.3) is 0 Å². The number of rotatable bonds is 5. The summed E-state index contributed by atoms with van der Waals surface area (Å²) in [6.07, 6.45) is 2.14. The third-order valence-corrected chi connectivity index (χ3v) is 4.31. The van der Waals surface area contributed by atoms with Crippen LogP contribution in [0.4, 0.5) is 4.79 Å². The number of piperazine rings is 1. The molecule has 126 valence electrons. The van der Waals surface area contributed by atoms with E-state index in [1.807, 2.05) is 17.0 Å². The van der Waals surface area contributed by atoms with Crippen LogP contribution in [0.25, 0.3) is 0 Å². The van der Waals surface area contributed by atoms with Gasteiger partial charge in [-0.1, -0.05) is 19.4 Å². The lowest BCUT2D eigenvalue weighted by Gasteiger charge is -2.34. The number of urea groups is 1. The van der Waals surface area contributed by atoms with Crippen LogP contribution in [0.15, 0.2) is 18.2 Å². The zero-order valence-electron chi connectivity index (χ0n) is 13.7. The molecular weight excluding hydrogens is 294 g/mol. The van der Waals surface area contributed by atoms with Gasteiger partial charge in [0.05, 0.1) is 0 Å². The van der Waals surface area contributed by atoms with E-state index in [4.69, 9.17) is 9.47 Å². The van der Waals surface area contributed by atoms with Crippen molar-refractivity contribution >= 4 is 6.03 Å². The van der Waals surface area contributed by atoms with Crippen molar-refractivity contribution in [3.63, 3.8) is 0 Å². The Labute approximate surface area is 137 Å². The molecule has 0 spiro atoms. The smallest absolute Gasteiger partial charge is 0.317 e. The molecule has 1 fully saturated rings. The fourth-order valence-electron chi connectivity index (χ4n) is 2.89. The first-order valence-corrected chi connectivity index (χ1v) is 8.40. The molecule has 0 aliphatic carbocycles. The lowest BCUT2D eigenvalue weighted by atomic mass is 10.1. The Morgan fingerprint density at radius 2 is 1.96 bits per heavy atom.